The second-order valence-corrected chi connectivity index (χ2v) is 4.39. The average molecular weight is 231 g/mol. The molecular weight excluding hydrogens is 220 g/mol. The lowest BCUT2D eigenvalue weighted by Crippen LogP contribution is -1.90. The van der Waals surface area contributed by atoms with Crippen LogP contribution in [0.5, 0.6) is 0 Å². The fraction of sp³-hybridized carbons (Fsp3) is 0.154. The first-order valence-electron chi connectivity index (χ1n) is 5.18. The summed E-state index contributed by atoms with van der Waals surface area (Å²) in [6, 6.07) is 8.33. The van der Waals surface area contributed by atoms with Crippen molar-refractivity contribution in [3.05, 3.63) is 41.2 Å². The number of aromatic nitrogens is 2. The van der Waals surface area contributed by atoms with Crippen LogP contribution in [0.15, 0.2) is 30.5 Å². The normalized spacial score (nSPS) is 11.4. The zero-order valence-electron chi connectivity index (χ0n) is 9.16. The van der Waals surface area contributed by atoms with Crippen molar-refractivity contribution in [2.75, 3.05) is 0 Å². The van der Waals surface area contributed by atoms with E-state index in [1.807, 2.05) is 13.1 Å². The van der Waals surface area contributed by atoms with Crippen molar-refractivity contribution in [2.45, 2.75) is 6.92 Å². The third kappa shape index (κ3) is 1.11. The predicted octanol–water partition coefficient (Wildman–Crippen LogP) is 3.69. The second-order valence-electron chi connectivity index (χ2n) is 4.03. The monoisotopic (exact) mass is 230 g/mol. The minimum absolute atomic E-state index is 0.565. The van der Waals surface area contributed by atoms with E-state index in [1.54, 1.807) is 6.20 Å². The summed E-state index contributed by atoms with van der Waals surface area (Å²) in [7, 11) is 2.03. The van der Waals surface area contributed by atoms with E-state index in [9.17, 15) is 0 Å². The van der Waals surface area contributed by atoms with Crippen molar-refractivity contribution in [3.63, 3.8) is 0 Å². The van der Waals surface area contributed by atoms with Gasteiger partial charge in [-0.25, -0.2) is 4.98 Å². The number of nitrogens with zero attached hydrogens (tertiary/aromatic N) is 2. The van der Waals surface area contributed by atoms with Gasteiger partial charge in [0, 0.05) is 24.0 Å². The number of benzene rings is 1. The molecule has 3 rings (SSSR count). The molecule has 0 amide bonds. The van der Waals surface area contributed by atoms with Gasteiger partial charge in [-0.3, -0.25) is 0 Å². The van der Waals surface area contributed by atoms with Gasteiger partial charge < -0.3 is 4.57 Å². The number of rotatable bonds is 0. The third-order valence-corrected chi connectivity index (χ3v) is 3.35. The highest BCUT2D eigenvalue weighted by Crippen LogP contribution is 2.32. The summed E-state index contributed by atoms with van der Waals surface area (Å²) >= 11 is 6.15. The summed E-state index contributed by atoms with van der Waals surface area (Å²) < 4.78 is 2.12. The van der Waals surface area contributed by atoms with Crippen LogP contribution in [0.1, 0.15) is 5.56 Å². The Bertz CT molecular complexity index is 639. The van der Waals surface area contributed by atoms with E-state index in [2.05, 4.69) is 34.7 Å². The fourth-order valence-electron chi connectivity index (χ4n) is 2.40. The van der Waals surface area contributed by atoms with Gasteiger partial charge in [0.05, 0.1) is 11.0 Å². The largest absolute Gasteiger partial charge is 0.341 e. The van der Waals surface area contributed by atoms with Crippen molar-refractivity contribution in [3.8, 4) is 0 Å². The first kappa shape index (κ1) is 9.67. The van der Waals surface area contributed by atoms with Crippen LogP contribution in [0.4, 0.5) is 0 Å². The highest BCUT2D eigenvalue weighted by molar-refractivity contribution is 6.35. The van der Waals surface area contributed by atoms with Gasteiger partial charge in [0.1, 0.15) is 0 Å². The molecule has 0 radical (unpaired) electrons. The van der Waals surface area contributed by atoms with E-state index in [0.717, 1.165) is 5.52 Å². The molecule has 2 heterocycles. The molecule has 80 valence electrons. The van der Waals surface area contributed by atoms with Crippen LogP contribution >= 0.6 is 11.6 Å². The first-order chi connectivity index (χ1) is 7.70. The summed E-state index contributed by atoms with van der Waals surface area (Å²) in [6.45, 7) is 2.11. The summed E-state index contributed by atoms with van der Waals surface area (Å²) in [5.74, 6) is 0. The van der Waals surface area contributed by atoms with Gasteiger partial charge >= 0.3 is 0 Å². The summed E-state index contributed by atoms with van der Waals surface area (Å²) in [5, 5.41) is 2.97. The van der Waals surface area contributed by atoms with Crippen LogP contribution < -0.4 is 0 Å². The van der Waals surface area contributed by atoms with Gasteiger partial charge in [-0.2, -0.15) is 0 Å². The van der Waals surface area contributed by atoms with Crippen molar-refractivity contribution in [1.29, 1.82) is 0 Å². The highest BCUT2D eigenvalue weighted by atomic mass is 35.5. The van der Waals surface area contributed by atoms with Gasteiger partial charge in [-0.05, 0) is 18.6 Å². The van der Waals surface area contributed by atoms with Gasteiger partial charge in [-0.1, -0.05) is 29.8 Å². The van der Waals surface area contributed by atoms with Crippen molar-refractivity contribution < 1.29 is 0 Å². The maximum atomic E-state index is 6.15. The zero-order chi connectivity index (χ0) is 11.3. The molecule has 0 N–H and O–H groups in total. The van der Waals surface area contributed by atoms with E-state index in [0.29, 0.717) is 5.15 Å². The predicted molar refractivity (Wildman–Crippen MR) is 68.0 cm³/mol. The van der Waals surface area contributed by atoms with Crippen molar-refractivity contribution >= 4 is 33.4 Å². The Morgan fingerprint density at radius 2 is 1.88 bits per heavy atom. The SMILES string of the molecule is Cc1cccc2c3ccnc(Cl)c3n(C)c12. The van der Waals surface area contributed by atoms with E-state index in [4.69, 9.17) is 11.6 Å². The maximum absolute atomic E-state index is 6.15. The summed E-state index contributed by atoms with van der Waals surface area (Å²) in [4.78, 5) is 4.14. The minimum atomic E-state index is 0.565. The molecule has 3 heteroatoms. The maximum Gasteiger partial charge on any atom is 0.153 e. The lowest BCUT2D eigenvalue weighted by molar-refractivity contribution is 1.00. The molecule has 2 aromatic heterocycles. The number of aryl methyl sites for hydroxylation is 2. The van der Waals surface area contributed by atoms with Gasteiger partial charge in [0.25, 0.3) is 0 Å². The quantitative estimate of drug-likeness (QED) is 0.539. The van der Waals surface area contributed by atoms with Gasteiger partial charge in [0.2, 0.25) is 0 Å². The van der Waals surface area contributed by atoms with Crippen LogP contribution in [-0.2, 0) is 7.05 Å². The fourth-order valence-corrected chi connectivity index (χ4v) is 2.68. The van der Waals surface area contributed by atoms with E-state index >= 15 is 0 Å². The lowest BCUT2D eigenvalue weighted by atomic mass is 10.1. The van der Waals surface area contributed by atoms with Gasteiger partial charge in [0.15, 0.2) is 5.15 Å². The number of hydrogen-bond donors (Lipinski definition) is 0. The standard InChI is InChI=1S/C13H11ClN2/c1-8-4-3-5-9-10-6-7-15-13(14)12(10)16(2)11(8)9/h3-7H,1-2H3. The van der Waals surface area contributed by atoms with Crippen molar-refractivity contribution in [2.24, 2.45) is 7.05 Å². The highest BCUT2D eigenvalue weighted by Gasteiger charge is 2.12. The van der Waals surface area contributed by atoms with Crippen LogP contribution in [0, 0.1) is 6.92 Å². The summed E-state index contributed by atoms with van der Waals surface area (Å²) in [6.07, 6.45) is 1.76. The Kier molecular flexibility index (Phi) is 1.95. The molecule has 3 aromatic rings. The molecule has 16 heavy (non-hydrogen) atoms. The van der Waals surface area contributed by atoms with E-state index in [1.165, 1.54) is 21.9 Å². The van der Waals surface area contributed by atoms with Crippen LogP contribution in [0.25, 0.3) is 21.8 Å². The van der Waals surface area contributed by atoms with E-state index < -0.39 is 0 Å². The molecule has 0 spiro atoms. The molecule has 2 nitrogen and oxygen atoms in total. The van der Waals surface area contributed by atoms with E-state index in [-0.39, 0.29) is 0 Å². The first-order valence-corrected chi connectivity index (χ1v) is 5.56. The zero-order valence-corrected chi connectivity index (χ0v) is 9.92. The molecule has 0 bridgehead atoms. The summed E-state index contributed by atoms with van der Waals surface area (Å²) in [5.41, 5.74) is 3.49. The number of hydrogen-bond acceptors (Lipinski definition) is 1. The molecule has 0 unspecified atom stereocenters. The lowest BCUT2D eigenvalue weighted by Gasteiger charge is -2.01. The number of fused-ring (bicyclic) bond motifs is 3. The van der Waals surface area contributed by atoms with Crippen LogP contribution in [0.2, 0.25) is 5.15 Å². The Morgan fingerprint density at radius 1 is 1.12 bits per heavy atom. The Morgan fingerprint density at radius 3 is 2.69 bits per heavy atom. The van der Waals surface area contributed by atoms with Gasteiger partial charge in [-0.15, -0.1) is 0 Å². The number of para-hydroxylation sites is 1. The van der Waals surface area contributed by atoms with Crippen LogP contribution in [0.3, 0.4) is 0 Å². The Labute approximate surface area is 98.5 Å². The van der Waals surface area contributed by atoms with Crippen LogP contribution in [-0.4, -0.2) is 9.55 Å². The molecule has 0 aliphatic carbocycles. The number of halogens is 1. The topological polar surface area (TPSA) is 17.8 Å². The Hall–Kier alpha value is -1.54. The molecule has 0 atom stereocenters. The third-order valence-electron chi connectivity index (χ3n) is 3.08. The number of pyridine rings is 1. The molecule has 0 fully saturated rings. The molecule has 0 aliphatic heterocycles. The molecule has 0 aliphatic rings. The molecular formula is C13H11ClN2. The average Bonchev–Trinajstić information content (AvgIpc) is 2.56. The second kappa shape index (κ2) is 3.22. The molecule has 0 saturated heterocycles. The molecule has 0 saturated carbocycles. The molecule has 1 aromatic carbocycles. The minimum Gasteiger partial charge on any atom is -0.341 e. The smallest absolute Gasteiger partial charge is 0.153 e. The Balaban J connectivity index is 2.70. The van der Waals surface area contributed by atoms with Crippen molar-refractivity contribution in [1.82, 2.24) is 9.55 Å².